The van der Waals surface area contributed by atoms with Crippen LogP contribution in [-0.2, 0) is 0 Å². The Kier molecular flexibility index (Phi) is 9.43. The van der Waals surface area contributed by atoms with Crippen LogP contribution in [0.3, 0.4) is 0 Å². The molecule has 0 atom stereocenters. The lowest BCUT2D eigenvalue weighted by molar-refractivity contribution is 0.979. The van der Waals surface area contributed by atoms with Crippen LogP contribution >= 0.6 is 0 Å². The fraction of sp³-hybridized carbons (Fsp3) is 0. The SMILES string of the molecule is c1ccc(-c2nc(-c3ccc(-n4c5ccccc5c5ccccc54)cc3)cc(-c3cccc(-c4ccc5cc(-c6ccccc6)n6nc(-c7ccccc7)c(-c7ccccc7)c6c5c4)c3)n2)cc1. The standard InChI is InChI=1S/C63H41N5/c1-5-18-43(19-6-1)59-40-49-33-32-48(39-54(49)62-60(44-20-7-2-8-21-44)61(66-68(59)62)45-22-9-3-10-23-45)47-26-17-27-50(38-47)56-41-55(64-63(65-56)46-24-11-4-12-25-46)42-34-36-51(37-35-42)67-57-30-15-13-28-52(57)53-29-14-16-31-58(53)67/h1-41H. The minimum absolute atomic E-state index is 0.681. The van der Waals surface area contributed by atoms with Crippen LogP contribution in [0.15, 0.2) is 249 Å². The van der Waals surface area contributed by atoms with E-state index < -0.39 is 0 Å². The summed E-state index contributed by atoms with van der Waals surface area (Å²) in [5.41, 5.74) is 17.8. The van der Waals surface area contributed by atoms with Crippen LogP contribution in [0.2, 0.25) is 0 Å². The van der Waals surface area contributed by atoms with Crippen molar-refractivity contribution in [2.75, 3.05) is 0 Å². The maximum atomic E-state index is 5.45. The fourth-order valence-corrected chi connectivity index (χ4v) is 9.91. The number of benzene rings is 9. The summed E-state index contributed by atoms with van der Waals surface area (Å²) in [6.45, 7) is 0. The Morgan fingerprint density at radius 1 is 0.324 bits per heavy atom. The van der Waals surface area contributed by atoms with Crippen LogP contribution in [0.4, 0.5) is 0 Å². The third kappa shape index (κ3) is 6.76. The van der Waals surface area contributed by atoms with E-state index in [-0.39, 0.29) is 0 Å². The van der Waals surface area contributed by atoms with Crippen molar-refractivity contribution in [3.05, 3.63) is 249 Å². The topological polar surface area (TPSA) is 48.0 Å². The molecule has 0 bridgehead atoms. The maximum absolute atomic E-state index is 5.45. The van der Waals surface area contributed by atoms with E-state index >= 15 is 0 Å². The van der Waals surface area contributed by atoms with Crippen molar-refractivity contribution in [1.82, 2.24) is 24.1 Å². The minimum atomic E-state index is 0.681. The van der Waals surface area contributed by atoms with E-state index in [1.54, 1.807) is 0 Å². The van der Waals surface area contributed by atoms with Gasteiger partial charge in [-0.15, -0.1) is 0 Å². The van der Waals surface area contributed by atoms with E-state index in [0.29, 0.717) is 5.82 Å². The molecule has 0 saturated heterocycles. The van der Waals surface area contributed by atoms with E-state index in [1.165, 1.54) is 21.8 Å². The Hall–Kier alpha value is -9.19. The zero-order chi connectivity index (χ0) is 45.0. The Morgan fingerprint density at radius 3 is 1.50 bits per heavy atom. The second-order valence-corrected chi connectivity index (χ2v) is 17.2. The van der Waals surface area contributed by atoms with Crippen molar-refractivity contribution in [3.63, 3.8) is 0 Å². The van der Waals surface area contributed by atoms with Gasteiger partial charge in [-0.2, -0.15) is 5.10 Å². The highest BCUT2D eigenvalue weighted by Crippen LogP contribution is 2.42. The Morgan fingerprint density at radius 2 is 0.838 bits per heavy atom. The molecule has 0 saturated carbocycles. The highest BCUT2D eigenvalue weighted by Gasteiger charge is 2.22. The third-order valence-corrected chi connectivity index (χ3v) is 13.1. The number of rotatable bonds is 8. The summed E-state index contributed by atoms with van der Waals surface area (Å²) >= 11 is 0. The monoisotopic (exact) mass is 867 g/mol. The van der Waals surface area contributed by atoms with Crippen LogP contribution in [0.25, 0.3) is 122 Å². The predicted molar refractivity (Wildman–Crippen MR) is 281 cm³/mol. The zero-order valence-electron chi connectivity index (χ0n) is 36.9. The van der Waals surface area contributed by atoms with Gasteiger partial charge in [-0.05, 0) is 70.6 Å². The highest BCUT2D eigenvalue weighted by molar-refractivity contribution is 6.10. The molecule has 0 amide bonds. The second kappa shape index (κ2) is 16.4. The average Bonchev–Trinajstić information content (AvgIpc) is 3.99. The third-order valence-electron chi connectivity index (χ3n) is 13.1. The van der Waals surface area contributed by atoms with Gasteiger partial charge in [0, 0.05) is 55.2 Å². The van der Waals surface area contributed by atoms with Gasteiger partial charge in [0.15, 0.2) is 5.82 Å². The summed E-state index contributed by atoms with van der Waals surface area (Å²) in [7, 11) is 0. The first-order valence-corrected chi connectivity index (χ1v) is 23.0. The number of aromatic nitrogens is 5. The fourth-order valence-electron chi connectivity index (χ4n) is 9.91. The Labute approximate surface area is 393 Å². The van der Waals surface area contributed by atoms with E-state index in [2.05, 4.69) is 240 Å². The first kappa shape index (κ1) is 39.2. The zero-order valence-corrected chi connectivity index (χ0v) is 36.9. The first-order valence-electron chi connectivity index (χ1n) is 23.0. The molecule has 4 aromatic heterocycles. The first-order chi connectivity index (χ1) is 33.7. The lowest BCUT2D eigenvalue weighted by atomic mass is 9.94. The summed E-state index contributed by atoms with van der Waals surface area (Å²) in [4.78, 5) is 10.4. The molecule has 318 valence electrons. The summed E-state index contributed by atoms with van der Waals surface area (Å²) in [5.74, 6) is 0.681. The van der Waals surface area contributed by atoms with Gasteiger partial charge in [-0.25, -0.2) is 14.5 Å². The quantitative estimate of drug-likeness (QED) is 0.153. The summed E-state index contributed by atoms with van der Waals surface area (Å²) in [5, 5.41) is 10.2. The van der Waals surface area contributed by atoms with Crippen LogP contribution in [-0.4, -0.2) is 24.1 Å². The molecule has 9 aromatic carbocycles. The van der Waals surface area contributed by atoms with Crippen LogP contribution < -0.4 is 0 Å². The van der Waals surface area contributed by atoms with Crippen molar-refractivity contribution in [2.45, 2.75) is 0 Å². The lowest BCUT2D eigenvalue weighted by Gasteiger charge is -2.13. The molecule has 0 aliphatic rings. The number of fused-ring (bicyclic) bond motifs is 6. The molecule has 5 heteroatoms. The molecule has 0 N–H and O–H groups in total. The van der Waals surface area contributed by atoms with E-state index in [1.807, 2.05) is 18.2 Å². The molecule has 0 aliphatic carbocycles. The summed E-state index contributed by atoms with van der Waals surface area (Å²) in [6.07, 6.45) is 0. The molecule has 5 nitrogen and oxygen atoms in total. The van der Waals surface area contributed by atoms with Gasteiger partial charge in [-0.3, -0.25) is 0 Å². The van der Waals surface area contributed by atoms with Crippen molar-refractivity contribution < 1.29 is 0 Å². The van der Waals surface area contributed by atoms with Crippen molar-refractivity contribution in [1.29, 1.82) is 0 Å². The van der Waals surface area contributed by atoms with Crippen molar-refractivity contribution in [2.24, 2.45) is 0 Å². The Balaban J connectivity index is 0.953. The van der Waals surface area contributed by atoms with Crippen molar-refractivity contribution >= 4 is 38.1 Å². The predicted octanol–water partition coefficient (Wildman–Crippen LogP) is 16.0. The largest absolute Gasteiger partial charge is 0.309 e. The number of pyridine rings is 1. The molecule has 13 aromatic rings. The van der Waals surface area contributed by atoms with E-state index in [9.17, 15) is 0 Å². The molecule has 68 heavy (non-hydrogen) atoms. The molecular formula is C63H41N5. The van der Waals surface area contributed by atoms with Crippen LogP contribution in [0, 0.1) is 0 Å². The molecule has 0 radical (unpaired) electrons. The molecule has 0 aliphatic heterocycles. The number of para-hydroxylation sites is 2. The van der Waals surface area contributed by atoms with Gasteiger partial charge in [-0.1, -0.05) is 200 Å². The van der Waals surface area contributed by atoms with Crippen LogP contribution in [0.5, 0.6) is 0 Å². The van der Waals surface area contributed by atoms with Gasteiger partial charge in [0.2, 0.25) is 0 Å². The number of hydrogen-bond acceptors (Lipinski definition) is 3. The number of hydrogen-bond donors (Lipinski definition) is 0. The highest BCUT2D eigenvalue weighted by atomic mass is 15.2. The van der Waals surface area contributed by atoms with Gasteiger partial charge in [0.25, 0.3) is 0 Å². The molecule has 4 heterocycles. The smallest absolute Gasteiger partial charge is 0.160 e. The van der Waals surface area contributed by atoms with Crippen LogP contribution in [0.1, 0.15) is 0 Å². The molecule has 0 spiro atoms. The molecule has 0 fully saturated rings. The van der Waals surface area contributed by atoms with Gasteiger partial charge >= 0.3 is 0 Å². The lowest BCUT2D eigenvalue weighted by Crippen LogP contribution is -1.97. The van der Waals surface area contributed by atoms with Gasteiger partial charge in [0.1, 0.15) is 5.69 Å². The molecule has 0 unspecified atom stereocenters. The average molecular weight is 868 g/mol. The summed E-state index contributed by atoms with van der Waals surface area (Å²) < 4.78 is 4.50. The van der Waals surface area contributed by atoms with E-state index in [0.717, 1.165) is 94.8 Å². The van der Waals surface area contributed by atoms with Crippen molar-refractivity contribution in [3.8, 4) is 84.4 Å². The maximum Gasteiger partial charge on any atom is 0.160 e. The van der Waals surface area contributed by atoms with E-state index in [4.69, 9.17) is 15.1 Å². The second-order valence-electron chi connectivity index (χ2n) is 17.2. The molecular weight excluding hydrogens is 827 g/mol. The number of nitrogens with zero attached hydrogens (tertiary/aromatic N) is 5. The normalized spacial score (nSPS) is 11.5. The Bertz CT molecular complexity index is 3930. The summed E-state index contributed by atoms with van der Waals surface area (Å²) in [6, 6.07) is 88.0. The minimum Gasteiger partial charge on any atom is -0.309 e. The van der Waals surface area contributed by atoms with Gasteiger partial charge in [0.05, 0.1) is 33.6 Å². The van der Waals surface area contributed by atoms with Gasteiger partial charge < -0.3 is 4.57 Å². The molecule has 13 rings (SSSR count).